The lowest BCUT2D eigenvalue weighted by molar-refractivity contribution is -0.0258. The van der Waals surface area contributed by atoms with Gasteiger partial charge in [0.25, 0.3) is 0 Å². The monoisotopic (exact) mass is 674 g/mol. The van der Waals surface area contributed by atoms with Gasteiger partial charge < -0.3 is 52.5 Å². The van der Waals surface area contributed by atoms with E-state index in [4.69, 9.17) is 52.5 Å². The Balaban J connectivity index is 1.85. The quantitative estimate of drug-likeness (QED) is 0.0988. The number of unbranched alkanes of at least 4 members (excludes halogenated alkanes) is 4. The van der Waals surface area contributed by atoms with E-state index in [1.165, 1.54) is 49.7 Å². The minimum absolute atomic E-state index is 0.0280. The van der Waals surface area contributed by atoms with Gasteiger partial charge in [-0.3, -0.25) is 0 Å². The fourth-order valence-electron chi connectivity index (χ4n) is 4.52. The Bertz CT molecular complexity index is 768. The molecule has 1 aromatic carbocycles. The Kier molecular flexibility index (Phi) is 33.3. The molecule has 0 saturated heterocycles. The van der Waals surface area contributed by atoms with Gasteiger partial charge in [0, 0.05) is 0 Å². The second-order valence-corrected chi connectivity index (χ2v) is 10.9. The highest BCUT2D eigenvalue weighted by Gasteiger charge is 2.10. The first kappa shape index (κ1) is 43.6. The lowest BCUT2D eigenvalue weighted by atomic mass is 9.96. The number of aliphatic hydroxyl groups is 1. The van der Waals surface area contributed by atoms with Crippen molar-refractivity contribution in [2.45, 2.75) is 65.2 Å². The van der Waals surface area contributed by atoms with Gasteiger partial charge in [-0.2, -0.15) is 0 Å². The molecule has 0 fully saturated rings. The van der Waals surface area contributed by atoms with Crippen LogP contribution in [0.3, 0.4) is 0 Å². The van der Waals surface area contributed by atoms with E-state index in [0.717, 1.165) is 18.6 Å². The number of rotatable bonds is 38. The van der Waals surface area contributed by atoms with Gasteiger partial charge in [0.05, 0.1) is 126 Å². The van der Waals surface area contributed by atoms with E-state index >= 15 is 0 Å². The first-order valence-corrected chi connectivity index (χ1v) is 17.9. The van der Waals surface area contributed by atoms with Crippen LogP contribution in [0.15, 0.2) is 18.2 Å². The van der Waals surface area contributed by atoms with Gasteiger partial charge in [-0.15, -0.1) is 0 Å². The van der Waals surface area contributed by atoms with Crippen molar-refractivity contribution < 1.29 is 52.5 Å². The average Bonchev–Trinajstić information content (AvgIpc) is 3.08. The molecule has 1 rings (SSSR count). The molecular formula is C36H66O11. The van der Waals surface area contributed by atoms with Crippen molar-refractivity contribution in [2.75, 3.05) is 132 Å². The van der Waals surface area contributed by atoms with Crippen molar-refractivity contribution in [3.8, 4) is 5.75 Å². The van der Waals surface area contributed by atoms with Crippen LogP contribution in [-0.4, -0.2) is 137 Å². The molecule has 11 nitrogen and oxygen atoms in total. The normalized spacial score (nSPS) is 11.5. The van der Waals surface area contributed by atoms with Crippen molar-refractivity contribution in [3.05, 3.63) is 29.3 Å². The van der Waals surface area contributed by atoms with Crippen LogP contribution in [0.1, 0.15) is 63.5 Å². The van der Waals surface area contributed by atoms with Crippen LogP contribution in [0.2, 0.25) is 0 Å². The Morgan fingerprint density at radius 2 is 0.787 bits per heavy atom. The standard InChI is InChI=1S/C36H66O11/c1-3-5-7-10-34-11-9-13-36(35(34)12-8-6-4-2)47-33-32-46-31-30-45-29-28-44-27-26-43-25-24-42-23-22-41-21-20-40-19-18-39-17-16-38-15-14-37/h9,11,13,37H,3-8,10,12,14-33H2,1-2H3. The highest BCUT2D eigenvalue weighted by molar-refractivity contribution is 5.40. The lowest BCUT2D eigenvalue weighted by Gasteiger charge is -2.16. The summed E-state index contributed by atoms with van der Waals surface area (Å²) in [7, 11) is 0. The van der Waals surface area contributed by atoms with Crippen LogP contribution in [0.4, 0.5) is 0 Å². The van der Waals surface area contributed by atoms with Crippen LogP contribution in [-0.2, 0) is 55.5 Å². The van der Waals surface area contributed by atoms with Crippen molar-refractivity contribution >= 4 is 0 Å². The average molecular weight is 675 g/mol. The minimum atomic E-state index is 0.0280. The van der Waals surface area contributed by atoms with E-state index in [0.29, 0.717) is 126 Å². The molecule has 11 heteroatoms. The maximum absolute atomic E-state index is 8.59. The van der Waals surface area contributed by atoms with E-state index in [1.807, 2.05) is 0 Å². The largest absolute Gasteiger partial charge is 0.491 e. The topological polar surface area (TPSA) is 113 Å². The molecular weight excluding hydrogens is 608 g/mol. The van der Waals surface area contributed by atoms with Crippen molar-refractivity contribution in [3.63, 3.8) is 0 Å². The van der Waals surface area contributed by atoms with Gasteiger partial charge in [-0.1, -0.05) is 51.7 Å². The first-order chi connectivity index (χ1) is 23.3. The zero-order valence-electron chi connectivity index (χ0n) is 29.6. The van der Waals surface area contributed by atoms with E-state index in [9.17, 15) is 0 Å². The molecule has 276 valence electrons. The predicted octanol–water partition coefficient (Wildman–Crippen LogP) is 4.67. The van der Waals surface area contributed by atoms with Gasteiger partial charge in [0.2, 0.25) is 0 Å². The summed E-state index contributed by atoms with van der Waals surface area (Å²) >= 11 is 0. The molecule has 0 amide bonds. The molecule has 0 saturated carbocycles. The molecule has 0 bridgehead atoms. The van der Waals surface area contributed by atoms with Gasteiger partial charge in [-0.25, -0.2) is 0 Å². The summed E-state index contributed by atoms with van der Waals surface area (Å²) in [4.78, 5) is 0. The van der Waals surface area contributed by atoms with E-state index in [2.05, 4.69) is 32.0 Å². The van der Waals surface area contributed by atoms with Crippen molar-refractivity contribution in [1.29, 1.82) is 0 Å². The number of ether oxygens (including phenoxy) is 10. The lowest BCUT2D eigenvalue weighted by Crippen LogP contribution is -2.15. The van der Waals surface area contributed by atoms with Crippen molar-refractivity contribution in [2.24, 2.45) is 0 Å². The van der Waals surface area contributed by atoms with Crippen LogP contribution in [0, 0.1) is 0 Å². The second-order valence-electron chi connectivity index (χ2n) is 10.9. The Labute approximate surface area is 284 Å². The molecule has 0 spiro atoms. The number of aliphatic hydroxyl groups excluding tert-OH is 1. The van der Waals surface area contributed by atoms with E-state index in [-0.39, 0.29) is 6.61 Å². The summed E-state index contributed by atoms with van der Waals surface area (Å²) in [6.07, 6.45) is 9.64. The molecule has 0 aromatic heterocycles. The highest BCUT2D eigenvalue weighted by Crippen LogP contribution is 2.26. The van der Waals surface area contributed by atoms with Gasteiger partial charge >= 0.3 is 0 Å². The molecule has 0 heterocycles. The fraction of sp³-hybridized carbons (Fsp3) is 0.833. The highest BCUT2D eigenvalue weighted by atomic mass is 16.6. The molecule has 0 aliphatic carbocycles. The number of benzene rings is 1. The first-order valence-electron chi connectivity index (χ1n) is 17.9. The summed E-state index contributed by atoms with van der Waals surface area (Å²) in [6.45, 7) is 14.1. The molecule has 0 unspecified atom stereocenters. The predicted molar refractivity (Wildman–Crippen MR) is 183 cm³/mol. The SMILES string of the molecule is CCCCCc1cccc(OCCOCCOCCOCCOCCOCCOCCOCCOCCOCCO)c1CCCCC. The van der Waals surface area contributed by atoms with E-state index < -0.39 is 0 Å². The fourth-order valence-corrected chi connectivity index (χ4v) is 4.52. The molecule has 1 aromatic rings. The van der Waals surface area contributed by atoms with Crippen LogP contribution < -0.4 is 4.74 Å². The maximum Gasteiger partial charge on any atom is 0.122 e. The van der Waals surface area contributed by atoms with Gasteiger partial charge in [-0.05, 0) is 42.9 Å². The number of aryl methyl sites for hydroxylation is 1. The van der Waals surface area contributed by atoms with Crippen molar-refractivity contribution in [1.82, 2.24) is 0 Å². The molecule has 0 atom stereocenters. The minimum Gasteiger partial charge on any atom is -0.491 e. The zero-order chi connectivity index (χ0) is 33.7. The third-order valence-corrected chi connectivity index (χ3v) is 7.01. The van der Waals surface area contributed by atoms with Crippen LogP contribution in [0.5, 0.6) is 5.75 Å². The summed E-state index contributed by atoms with van der Waals surface area (Å²) in [5.74, 6) is 1.02. The molecule has 0 aliphatic heterocycles. The summed E-state index contributed by atoms with van der Waals surface area (Å²) in [5.41, 5.74) is 2.83. The van der Waals surface area contributed by atoms with Crippen LogP contribution >= 0.6 is 0 Å². The van der Waals surface area contributed by atoms with Crippen LogP contribution in [0.25, 0.3) is 0 Å². The smallest absolute Gasteiger partial charge is 0.122 e. The van der Waals surface area contributed by atoms with Gasteiger partial charge in [0.1, 0.15) is 12.4 Å². The Morgan fingerprint density at radius 1 is 0.426 bits per heavy atom. The molecule has 1 N–H and O–H groups in total. The maximum atomic E-state index is 8.59. The Morgan fingerprint density at radius 3 is 1.17 bits per heavy atom. The van der Waals surface area contributed by atoms with Gasteiger partial charge in [0.15, 0.2) is 0 Å². The molecule has 0 radical (unpaired) electrons. The number of hydrogen-bond donors (Lipinski definition) is 1. The second kappa shape index (κ2) is 35.9. The third-order valence-electron chi connectivity index (χ3n) is 7.01. The summed E-state index contributed by atoms with van der Waals surface area (Å²) < 4.78 is 55.3. The summed E-state index contributed by atoms with van der Waals surface area (Å²) in [6, 6.07) is 6.49. The zero-order valence-corrected chi connectivity index (χ0v) is 29.6. The third kappa shape index (κ3) is 28.2. The Hall–Kier alpha value is -1.38. The molecule has 0 aliphatic rings. The number of hydrogen-bond acceptors (Lipinski definition) is 11. The van der Waals surface area contributed by atoms with E-state index in [1.54, 1.807) is 0 Å². The summed E-state index contributed by atoms with van der Waals surface area (Å²) in [5, 5.41) is 8.59. The molecule has 47 heavy (non-hydrogen) atoms.